The monoisotopic (exact) mass is 438 g/mol. The molecule has 0 aliphatic rings. The van der Waals surface area contributed by atoms with Crippen LogP contribution < -0.4 is 14.4 Å². The first-order valence-corrected chi connectivity index (χ1v) is 11.3. The number of sulfonamides is 1. The average molecular weight is 439 g/mol. The van der Waals surface area contributed by atoms with E-state index in [1.54, 1.807) is 48.5 Å². The molecule has 31 heavy (non-hydrogen) atoms. The molecule has 0 aliphatic heterocycles. The van der Waals surface area contributed by atoms with Crippen molar-refractivity contribution in [3.63, 3.8) is 0 Å². The Bertz CT molecular complexity index is 1170. The fourth-order valence-corrected chi connectivity index (χ4v) is 4.51. The van der Waals surface area contributed by atoms with E-state index in [-0.39, 0.29) is 11.4 Å². The maximum Gasteiger partial charge on any atom is 0.264 e. The van der Waals surface area contributed by atoms with Gasteiger partial charge in [0, 0.05) is 5.69 Å². The predicted molar refractivity (Wildman–Crippen MR) is 123 cm³/mol. The summed E-state index contributed by atoms with van der Waals surface area (Å²) in [5, 5.41) is 2.84. The van der Waals surface area contributed by atoms with E-state index < -0.39 is 15.9 Å². The molecule has 0 atom stereocenters. The summed E-state index contributed by atoms with van der Waals surface area (Å²) in [6.45, 7) is 5.34. The van der Waals surface area contributed by atoms with Gasteiger partial charge in [0.05, 0.1) is 17.7 Å². The fourth-order valence-electron chi connectivity index (χ4n) is 3.09. The molecule has 0 bridgehead atoms. The van der Waals surface area contributed by atoms with Gasteiger partial charge in [-0.3, -0.25) is 9.10 Å². The van der Waals surface area contributed by atoms with Gasteiger partial charge in [-0.2, -0.15) is 0 Å². The zero-order valence-corrected chi connectivity index (χ0v) is 18.9. The predicted octanol–water partition coefficient (Wildman–Crippen LogP) is 4.45. The lowest BCUT2D eigenvalue weighted by Crippen LogP contribution is -2.38. The highest BCUT2D eigenvalue weighted by atomic mass is 32.2. The normalized spacial score (nSPS) is 11.1. The molecule has 3 aromatic rings. The second-order valence-electron chi connectivity index (χ2n) is 7.39. The summed E-state index contributed by atoms with van der Waals surface area (Å²) in [5.41, 5.74) is 3.88. The molecule has 1 amide bonds. The van der Waals surface area contributed by atoms with E-state index in [1.165, 1.54) is 7.11 Å². The fraction of sp³-hybridized carbons (Fsp3) is 0.208. The summed E-state index contributed by atoms with van der Waals surface area (Å²) in [6, 6.07) is 18.8. The van der Waals surface area contributed by atoms with Crippen molar-refractivity contribution in [2.24, 2.45) is 0 Å². The first-order valence-electron chi connectivity index (χ1n) is 9.81. The number of rotatable bonds is 7. The molecule has 1 N–H and O–H groups in total. The van der Waals surface area contributed by atoms with Crippen LogP contribution in [0.25, 0.3) is 0 Å². The van der Waals surface area contributed by atoms with Crippen molar-refractivity contribution < 1.29 is 17.9 Å². The van der Waals surface area contributed by atoms with Gasteiger partial charge >= 0.3 is 0 Å². The zero-order valence-electron chi connectivity index (χ0n) is 18.0. The molecule has 0 aromatic heterocycles. The van der Waals surface area contributed by atoms with Crippen LogP contribution in [0.4, 0.5) is 11.4 Å². The Morgan fingerprint density at radius 2 is 1.52 bits per heavy atom. The van der Waals surface area contributed by atoms with Crippen molar-refractivity contribution in [1.82, 2.24) is 0 Å². The van der Waals surface area contributed by atoms with Crippen LogP contribution >= 0.6 is 0 Å². The molecular weight excluding hydrogens is 412 g/mol. The highest BCUT2D eigenvalue weighted by Gasteiger charge is 2.27. The lowest BCUT2D eigenvalue weighted by atomic mass is 10.1. The SMILES string of the molecule is COc1ccc(N(CC(=O)Nc2cc(C)ccc2C)S(=O)(=O)c2ccc(C)cc2)cc1. The van der Waals surface area contributed by atoms with Crippen molar-refractivity contribution in [2.75, 3.05) is 23.3 Å². The zero-order chi connectivity index (χ0) is 22.6. The topological polar surface area (TPSA) is 75.7 Å². The highest BCUT2D eigenvalue weighted by molar-refractivity contribution is 7.92. The number of hydrogen-bond acceptors (Lipinski definition) is 4. The van der Waals surface area contributed by atoms with E-state index >= 15 is 0 Å². The summed E-state index contributed by atoms with van der Waals surface area (Å²) < 4.78 is 33.1. The van der Waals surface area contributed by atoms with Gasteiger partial charge in [-0.15, -0.1) is 0 Å². The van der Waals surface area contributed by atoms with Crippen LogP contribution in [0.1, 0.15) is 16.7 Å². The minimum atomic E-state index is -3.96. The molecule has 0 saturated heterocycles. The molecule has 3 rings (SSSR count). The molecule has 0 unspecified atom stereocenters. The minimum absolute atomic E-state index is 0.119. The number of ether oxygens (including phenoxy) is 1. The summed E-state index contributed by atoms with van der Waals surface area (Å²) in [5.74, 6) is 0.163. The van der Waals surface area contributed by atoms with Crippen LogP contribution in [0, 0.1) is 20.8 Å². The van der Waals surface area contributed by atoms with Crippen LogP contribution in [0.15, 0.2) is 71.6 Å². The molecule has 0 radical (unpaired) electrons. The molecule has 0 spiro atoms. The van der Waals surface area contributed by atoms with Gasteiger partial charge in [-0.25, -0.2) is 8.42 Å². The summed E-state index contributed by atoms with van der Waals surface area (Å²) in [6.07, 6.45) is 0. The number of benzene rings is 3. The van der Waals surface area contributed by atoms with E-state index in [9.17, 15) is 13.2 Å². The van der Waals surface area contributed by atoms with E-state index in [2.05, 4.69) is 5.32 Å². The Balaban J connectivity index is 1.96. The van der Waals surface area contributed by atoms with Crippen LogP contribution in [-0.4, -0.2) is 28.0 Å². The van der Waals surface area contributed by atoms with E-state index in [1.807, 2.05) is 39.0 Å². The second-order valence-corrected chi connectivity index (χ2v) is 9.25. The second kappa shape index (κ2) is 9.22. The first kappa shape index (κ1) is 22.4. The van der Waals surface area contributed by atoms with Crippen LogP contribution in [0.2, 0.25) is 0 Å². The number of methoxy groups -OCH3 is 1. The van der Waals surface area contributed by atoms with Crippen molar-refractivity contribution in [3.05, 3.63) is 83.4 Å². The number of anilines is 2. The van der Waals surface area contributed by atoms with Gasteiger partial charge in [0.25, 0.3) is 10.0 Å². The molecule has 0 heterocycles. The third kappa shape index (κ3) is 5.24. The Hall–Kier alpha value is -3.32. The van der Waals surface area contributed by atoms with Gasteiger partial charge in [-0.1, -0.05) is 29.8 Å². The summed E-state index contributed by atoms with van der Waals surface area (Å²) in [7, 11) is -2.43. The third-order valence-electron chi connectivity index (χ3n) is 4.92. The molecule has 3 aromatic carbocycles. The Kier molecular flexibility index (Phi) is 6.65. The Morgan fingerprint density at radius 1 is 0.903 bits per heavy atom. The lowest BCUT2D eigenvalue weighted by Gasteiger charge is -2.24. The highest BCUT2D eigenvalue weighted by Crippen LogP contribution is 2.26. The minimum Gasteiger partial charge on any atom is -0.497 e. The number of hydrogen-bond donors (Lipinski definition) is 1. The van der Waals surface area contributed by atoms with Gasteiger partial charge in [0.2, 0.25) is 5.91 Å². The number of carbonyl (C=O) groups is 1. The lowest BCUT2D eigenvalue weighted by molar-refractivity contribution is -0.114. The van der Waals surface area contributed by atoms with Crippen LogP contribution in [0.3, 0.4) is 0 Å². The number of amides is 1. The molecule has 6 nitrogen and oxygen atoms in total. The quantitative estimate of drug-likeness (QED) is 0.591. The standard InChI is InChI=1S/C24H26N2O4S/c1-17-6-13-22(14-7-17)31(28,29)26(20-9-11-21(30-4)12-10-20)16-24(27)25-23-15-18(2)5-8-19(23)3/h5-15H,16H2,1-4H3,(H,25,27). The van der Waals surface area contributed by atoms with E-state index in [0.717, 1.165) is 21.0 Å². The van der Waals surface area contributed by atoms with Gasteiger partial charge in [0.1, 0.15) is 12.3 Å². The van der Waals surface area contributed by atoms with Gasteiger partial charge in [0.15, 0.2) is 0 Å². The molecule has 162 valence electrons. The smallest absolute Gasteiger partial charge is 0.264 e. The Morgan fingerprint density at radius 3 is 2.13 bits per heavy atom. The largest absolute Gasteiger partial charge is 0.497 e. The van der Waals surface area contributed by atoms with Crippen molar-refractivity contribution >= 4 is 27.3 Å². The molecule has 0 fully saturated rings. The molecule has 0 saturated carbocycles. The van der Waals surface area contributed by atoms with Crippen LogP contribution in [-0.2, 0) is 14.8 Å². The number of aryl methyl sites for hydroxylation is 3. The summed E-state index contributed by atoms with van der Waals surface area (Å²) in [4.78, 5) is 13.0. The summed E-state index contributed by atoms with van der Waals surface area (Å²) >= 11 is 0. The number of carbonyl (C=O) groups excluding carboxylic acids is 1. The van der Waals surface area contributed by atoms with Crippen molar-refractivity contribution in [1.29, 1.82) is 0 Å². The molecular formula is C24H26N2O4S. The van der Waals surface area contributed by atoms with Crippen molar-refractivity contribution in [3.8, 4) is 5.75 Å². The number of nitrogens with zero attached hydrogens (tertiary/aromatic N) is 1. The first-order chi connectivity index (χ1) is 14.7. The Labute approximate surface area is 183 Å². The van der Waals surface area contributed by atoms with Crippen molar-refractivity contribution in [2.45, 2.75) is 25.7 Å². The molecule has 7 heteroatoms. The number of nitrogens with one attached hydrogen (secondary N) is 1. The van der Waals surface area contributed by atoms with Crippen LogP contribution in [0.5, 0.6) is 5.75 Å². The van der Waals surface area contributed by atoms with Gasteiger partial charge in [-0.05, 0) is 74.4 Å². The third-order valence-corrected chi connectivity index (χ3v) is 6.71. The average Bonchev–Trinajstić information content (AvgIpc) is 2.75. The molecule has 0 aliphatic carbocycles. The van der Waals surface area contributed by atoms with E-state index in [4.69, 9.17) is 4.74 Å². The maximum atomic E-state index is 13.4. The van der Waals surface area contributed by atoms with Gasteiger partial charge < -0.3 is 10.1 Å². The van der Waals surface area contributed by atoms with E-state index in [0.29, 0.717) is 17.1 Å². The maximum absolute atomic E-state index is 13.4.